The number of alkyl halides is 1. The molecule has 0 aromatic carbocycles. The first-order valence-corrected chi connectivity index (χ1v) is 7.69. The zero-order valence-electron chi connectivity index (χ0n) is 11.2. The molecule has 1 aromatic rings. The summed E-state index contributed by atoms with van der Waals surface area (Å²) in [7, 11) is 0. The van der Waals surface area contributed by atoms with E-state index in [0.29, 0.717) is 6.04 Å². The molecule has 0 fully saturated rings. The monoisotopic (exact) mass is 301 g/mol. The van der Waals surface area contributed by atoms with Gasteiger partial charge in [-0.1, -0.05) is 36.7 Å². The van der Waals surface area contributed by atoms with Crippen molar-refractivity contribution in [1.29, 1.82) is 0 Å². The van der Waals surface area contributed by atoms with Crippen molar-refractivity contribution in [1.82, 2.24) is 14.7 Å². The van der Waals surface area contributed by atoms with Crippen LogP contribution < -0.4 is 0 Å². The molecule has 0 radical (unpaired) electrons. The summed E-state index contributed by atoms with van der Waals surface area (Å²) in [5, 5.41) is 5.70. The van der Waals surface area contributed by atoms with Crippen molar-refractivity contribution >= 4 is 15.9 Å². The second-order valence-electron chi connectivity index (χ2n) is 4.32. The minimum Gasteiger partial charge on any atom is -0.297 e. The molecule has 1 rings (SSSR count). The van der Waals surface area contributed by atoms with Crippen molar-refractivity contribution in [3.63, 3.8) is 0 Å². The van der Waals surface area contributed by atoms with Gasteiger partial charge < -0.3 is 0 Å². The molecule has 0 saturated heterocycles. The molecule has 0 amide bonds. The third-order valence-electron chi connectivity index (χ3n) is 3.21. The van der Waals surface area contributed by atoms with Crippen LogP contribution in [0.5, 0.6) is 0 Å². The van der Waals surface area contributed by atoms with Gasteiger partial charge in [0.15, 0.2) is 0 Å². The lowest BCUT2D eigenvalue weighted by molar-refractivity contribution is 0.292. The number of halogens is 1. The van der Waals surface area contributed by atoms with Crippen LogP contribution in [-0.4, -0.2) is 33.1 Å². The Hall–Kier alpha value is -0.350. The summed E-state index contributed by atoms with van der Waals surface area (Å²) in [4.78, 5) is 2.40. The van der Waals surface area contributed by atoms with Crippen molar-refractivity contribution in [2.75, 3.05) is 18.4 Å². The van der Waals surface area contributed by atoms with Crippen LogP contribution in [0.25, 0.3) is 0 Å². The van der Waals surface area contributed by atoms with Crippen molar-refractivity contribution in [3.05, 3.63) is 18.0 Å². The molecular formula is C13H24BrN3. The minimum absolute atomic E-state index is 0.551. The summed E-state index contributed by atoms with van der Waals surface area (Å²) >= 11 is 3.49. The van der Waals surface area contributed by atoms with Gasteiger partial charge >= 0.3 is 0 Å². The fourth-order valence-corrected chi connectivity index (χ4v) is 2.53. The highest BCUT2D eigenvalue weighted by atomic mass is 79.9. The molecule has 0 aliphatic rings. The third kappa shape index (κ3) is 4.43. The van der Waals surface area contributed by atoms with Crippen LogP contribution in [0.3, 0.4) is 0 Å². The maximum atomic E-state index is 4.68. The van der Waals surface area contributed by atoms with E-state index in [4.69, 9.17) is 0 Å². The van der Waals surface area contributed by atoms with Crippen LogP contribution >= 0.6 is 15.9 Å². The SMILES string of the molecule is CCC(CC)n1ccc(CN(CC)CCBr)n1. The quantitative estimate of drug-likeness (QED) is 0.686. The van der Waals surface area contributed by atoms with Crippen LogP contribution in [-0.2, 0) is 6.54 Å². The first-order chi connectivity index (χ1) is 8.24. The molecule has 0 aliphatic heterocycles. The molecule has 0 saturated carbocycles. The van der Waals surface area contributed by atoms with E-state index in [2.05, 4.69) is 63.6 Å². The standard InChI is InChI=1S/C13H24BrN3/c1-4-13(5-2)17-9-7-12(15-17)11-16(6-3)10-8-14/h7,9,13H,4-6,8,10-11H2,1-3H3. The van der Waals surface area contributed by atoms with E-state index >= 15 is 0 Å². The lowest BCUT2D eigenvalue weighted by Crippen LogP contribution is -2.25. The normalized spacial score (nSPS) is 11.6. The highest BCUT2D eigenvalue weighted by Crippen LogP contribution is 2.15. The number of hydrogen-bond donors (Lipinski definition) is 0. The zero-order chi connectivity index (χ0) is 12.7. The van der Waals surface area contributed by atoms with Gasteiger partial charge in [-0.25, -0.2) is 0 Å². The fourth-order valence-electron chi connectivity index (χ4n) is 2.03. The molecule has 0 unspecified atom stereocenters. The van der Waals surface area contributed by atoms with Gasteiger partial charge in [-0.15, -0.1) is 0 Å². The van der Waals surface area contributed by atoms with Crippen molar-refractivity contribution in [2.45, 2.75) is 46.2 Å². The van der Waals surface area contributed by atoms with E-state index < -0.39 is 0 Å². The van der Waals surface area contributed by atoms with Gasteiger partial charge in [0.05, 0.1) is 11.7 Å². The molecule has 1 aromatic heterocycles. The van der Waals surface area contributed by atoms with Gasteiger partial charge in [0, 0.05) is 24.6 Å². The molecule has 98 valence electrons. The van der Waals surface area contributed by atoms with E-state index in [0.717, 1.165) is 37.8 Å². The van der Waals surface area contributed by atoms with Crippen molar-refractivity contribution in [3.8, 4) is 0 Å². The number of nitrogens with zero attached hydrogens (tertiary/aromatic N) is 3. The van der Waals surface area contributed by atoms with E-state index in [9.17, 15) is 0 Å². The summed E-state index contributed by atoms with van der Waals surface area (Å²) in [6.45, 7) is 9.74. The van der Waals surface area contributed by atoms with Crippen LogP contribution in [0, 0.1) is 0 Å². The van der Waals surface area contributed by atoms with E-state index in [1.165, 1.54) is 5.69 Å². The zero-order valence-corrected chi connectivity index (χ0v) is 12.8. The lowest BCUT2D eigenvalue weighted by atomic mass is 10.2. The fraction of sp³-hybridized carbons (Fsp3) is 0.769. The highest BCUT2D eigenvalue weighted by Gasteiger charge is 2.09. The summed E-state index contributed by atoms with van der Waals surface area (Å²) in [6, 6.07) is 2.70. The van der Waals surface area contributed by atoms with Gasteiger partial charge in [-0.05, 0) is 25.5 Å². The molecule has 1 heterocycles. The van der Waals surface area contributed by atoms with Gasteiger partial charge in [0.25, 0.3) is 0 Å². The molecule has 0 atom stereocenters. The van der Waals surface area contributed by atoms with Crippen molar-refractivity contribution in [2.24, 2.45) is 0 Å². The van der Waals surface area contributed by atoms with Gasteiger partial charge in [-0.3, -0.25) is 9.58 Å². The Morgan fingerprint density at radius 1 is 1.35 bits per heavy atom. The van der Waals surface area contributed by atoms with Crippen LogP contribution in [0.15, 0.2) is 12.3 Å². The first-order valence-electron chi connectivity index (χ1n) is 6.57. The molecule has 0 spiro atoms. The maximum absolute atomic E-state index is 4.68. The molecule has 17 heavy (non-hydrogen) atoms. The van der Waals surface area contributed by atoms with Crippen LogP contribution in [0.1, 0.15) is 45.3 Å². The second-order valence-corrected chi connectivity index (χ2v) is 5.11. The van der Waals surface area contributed by atoms with Crippen molar-refractivity contribution < 1.29 is 0 Å². The number of rotatable bonds is 8. The predicted octanol–water partition coefficient (Wildman–Crippen LogP) is 3.46. The Balaban J connectivity index is 2.60. The smallest absolute Gasteiger partial charge is 0.0764 e. The molecule has 0 bridgehead atoms. The Morgan fingerprint density at radius 3 is 2.59 bits per heavy atom. The Kier molecular flexibility index (Phi) is 6.82. The highest BCUT2D eigenvalue weighted by molar-refractivity contribution is 9.09. The lowest BCUT2D eigenvalue weighted by Gasteiger charge is -2.17. The van der Waals surface area contributed by atoms with Gasteiger partial charge in [0.1, 0.15) is 0 Å². The second kappa shape index (κ2) is 7.88. The largest absolute Gasteiger partial charge is 0.297 e. The predicted molar refractivity (Wildman–Crippen MR) is 76.6 cm³/mol. The van der Waals surface area contributed by atoms with E-state index in [1.807, 2.05) is 0 Å². The number of aromatic nitrogens is 2. The molecule has 3 nitrogen and oxygen atoms in total. The summed E-state index contributed by atoms with van der Waals surface area (Å²) in [6.07, 6.45) is 4.42. The van der Waals surface area contributed by atoms with E-state index in [-0.39, 0.29) is 0 Å². The minimum atomic E-state index is 0.551. The molecular weight excluding hydrogens is 278 g/mol. The summed E-state index contributed by atoms with van der Waals surface area (Å²) < 4.78 is 2.12. The Morgan fingerprint density at radius 2 is 2.06 bits per heavy atom. The van der Waals surface area contributed by atoms with Gasteiger partial charge in [-0.2, -0.15) is 5.10 Å². The Labute approximate surface area is 113 Å². The summed E-state index contributed by atoms with van der Waals surface area (Å²) in [5.74, 6) is 0. The number of hydrogen-bond acceptors (Lipinski definition) is 2. The molecule has 0 aliphatic carbocycles. The van der Waals surface area contributed by atoms with E-state index in [1.54, 1.807) is 0 Å². The molecule has 0 N–H and O–H groups in total. The van der Waals surface area contributed by atoms with Gasteiger partial charge in [0.2, 0.25) is 0 Å². The average molecular weight is 302 g/mol. The average Bonchev–Trinajstić information content (AvgIpc) is 2.79. The topological polar surface area (TPSA) is 21.1 Å². The first kappa shape index (κ1) is 14.7. The summed E-state index contributed by atoms with van der Waals surface area (Å²) in [5.41, 5.74) is 1.18. The maximum Gasteiger partial charge on any atom is 0.0764 e. The van der Waals surface area contributed by atoms with Crippen LogP contribution in [0.2, 0.25) is 0 Å². The van der Waals surface area contributed by atoms with Crippen LogP contribution in [0.4, 0.5) is 0 Å². The molecule has 4 heteroatoms. The Bertz CT molecular complexity index is 307. The third-order valence-corrected chi connectivity index (χ3v) is 3.57.